The fraction of sp³-hybridized carbons (Fsp3) is 0.722. The lowest BCUT2D eigenvalue weighted by Crippen LogP contribution is -2.52. The number of nitrogens with one attached hydrogen (secondary N) is 2. The number of hydrogen-bond donors (Lipinski definition) is 2. The molecule has 1 unspecified atom stereocenters. The van der Waals surface area contributed by atoms with Gasteiger partial charge in [0, 0.05) is 30.6 Å². The van der Waals surface area contributed by atoms with Crippen LogP contribution in [-0.2, 0) is 9.84 Å². The van der Waals surface area contributed by atoms with Crippen LogP contribution in [0, 0.1) is 11.3 Å². The smallest absolute Gasteiger partial charge is 0.249 e. The Bertz CT molecular complexity index is 837. The fourth-order valence-corrected chi connectivity index (χ4v) is 7.37. The molecule has 0 saturated heterocycles. The molecule has 2 fully saturated rings. The Kier molecular flexibility index (Phi) is 4.38. The quantitative estimate of drug-likeness (QED) is 0.770. The van der Waals surface area contributed by atoms with E-state index in [-0.39, 0.29) is 42.5 Å². The van der Waals surface area contributed by atoms with Crippen molar-refractivity contribution < 1.29 is 17.2 Å². The number of alkyl halides is 2. The molecule has 2 saturated carbocycles. The largest absolute Gasteiger partial charge is 0.346 e. The second-order valence-corrected chi connectivity index (χ2v) is 10.8. The van der Waals surface area contributed by atoms with Gasteiger partial charge in [-0.25, -0.2) is 22.2 Å². The molecule has 2 heterocycles. The highest BCUT2D eigenvalue weighted by atomic mass is 32.2. The molecule has 0 radical (unpaired) electrons. The Balaban J connectivity index is 1.32. The lowest BCUT2D eigenvalue weighted by atomic mass is 9.69. The molecule has 9 heteroatoms. The van der Waals surface area contributed by atoms with Crippen molar-refractivity contribution in [2.75, 3.05) is 18.6 Å². The molecule has 0 amide bonds. The Morgan fingerprint density at radius 2 is 2.07 bits per heavy atom. The molecule has 1 aromatic rings. The molecule has 1 aromatic heterocycles. The summed E-state index contributed by atoms with van der Waals surface area (Å²) in [4.78, 5) is 9.68. The number of nitrogens with zero attached hydrogens (tertiary/aromatic N) is 2. The second-order valence-electron chi connectivity index (χ2n) is 8.73. The van der Waals surface area contributed by atoms with Gasteiger partial charge in [-0.15, -0.1) is 0 Å². The number of H-pyrrole nitrogens is 1. The third kappa shape index (κ3) is 3.63. The Morgan fingerprint density at radius 3 is 2.70 bits per heavy atom. The normalized spacial score (nSPS) is 31.1. The molecule has 2 N–H and O–H groups in total. The number of rotatable bonds is 6. The van der Waals surface area contributed by atoms with Crippen LogP contribution in [0.5, 0.6) is 0 Å². The van der Waals surface area contributed by atoms with Crippen molar-refractivity contribution in [2.24, 2.45) is 16.3 Å². The van der Waals surface area contributed by atoms with Crippen LogP contribution in [0.25, 0.3) is 0 Å². The SMILES string of the molecule is CNC1c2cc[nH]c2N=CN1[C@H]1C[C@H](CS(=O)(=O)CC2(C)CC(F)(F)C2)C1. The van der Waals surface area contributed by atoms with Gasteiger partial charge in [-0.3, -0.25) is 5.32 Å². The second kappa shape index (κ2) is 6.27. The minimum absolute atomic E-state index is 0.0161. The van der Waals surface area contributed by atoms with E-state index in [0.717, 1.165) is 24.2 Å². The summed E-state index contributed by atoms with van der Waals surface area (Å²) in [5, 5.41) is 3.29. The highest BCUT2D eigenvalue weighted by molar-refractivity contribution is 7.91. The van der Waals surface area contributed by atoms with Crippen LogP contribution in [0.1, 0.15) is 44.3 Å². The first-order valence-electron chi connectivity index (χ1n) is 9.34. The van der Waals surface area contributed by atoms with E-state index in [1.54, 1.807) is 6.92 Å². The van der Waals surface area contributed by atoms with Crippen molar-refractivity contribution in [3.63, 3.8) is 0 Å². The van der Waals surface area contributed by atoms with E-state index in [1.165, 1.54) is 0 Å². The molecule has 1 aliphatic heterocycles. The first-order valence-corrected chi connectivity index (χ1v) is 11.2. The molecule has 150 valence electrons. The van der Waals surface area contributed by atoms with E-state index in [1.807, 2.05) is 25.6 Å². The first-order chi connectivity index (χ1) is 12.6. The number of sulfone groups is 1. The summed E-state index contributed by atoms with van der Waals surface area (Å²) in [6.07, 6.45) is 4.59. The number of fused-ring (bicyclic) bond motifs is 1. The summed E-state index contributed by atoms with van der Waals surface area (Å²) in [6, 6.07) is 2.23. The van der Waals surface area contributed by atoms with E-state index in [4.69, 9.17) is 0 Å². The molecule has 0 spiro atoms. The van der Waals surface area contributed by atoms with Crippen molar-refractivity contribution in [3.8, 4) is 0 Å². The lowest BCUT2D eigenvalue weighted by molar-refractivity contribution is -0.144. The molecule has 6 nitrogen and oxygen atoms in total. The number of aliphatic imine (C=N–C) groups is 1. The average molecular weight is 400 g/mol. The zero-order valence-electron chi connectivity index (χ0n) is 15.6. The maximum absolute atomic E-state index is 13.1. The zero-order chi connectivity index (χ0) is 19.4. The molecule has 3 aliphatic rings. The van der Waals surface area contributed by atoms with Gasteiger partial charge in [0.25, 0.3) is 0 Å². The summed E-state index contributed by atoms with van der Waals surface area (Å²) in [5.41, 5.74) is 0.308. The minimum atomic E-state index is -3.33. The van der Waals surface area contributed by atoms with E-state index in [9.17, 15) is 17.2 Å². The predicted molar refractivity (Wildman–Crippen MR) is 100 cm³/mol. The summed E-state index contributed by atoms with van der Waals surface area (Å²) >= 11 is 0. The molecule has 1 atom stereocenters. The van der Waals surface area contributed by atoms with Gasteiger partial charge in [0.15, 0.2) is 9.84 Å². The number of aromatic amines is 1. The molecule has 2 aliphatic carbocycles. The fourth-order valence-electron chi connectivity index (χ4n) is 4.99. The lowest BCUT2D eigenvalue weighted by Gasteiger charge is -2.47. The molecule has 27 heavy (non-hydrogen) atoms. The van der Waals surface area contributed by atoms with Crippen LogP contribution < -0.4 is 5.32 Å². The van der Waals surface area contributed by atoms with E-state index < -0.39 is 21.2 Å². The van der Waals surface area contributed by atoms with Crippen LogP contribution >= 0.6 is 0 Å². The van der Waals surface area contributed by atoms with E-state index >= 15 is 0 Å². The summed E-state index contributed by atoms with van der Waals surface area (Å²) in [5.74, 6) is -1.81. The van der Waals surface area contributed by atoms with Crippen LogP contribution in [0.4, 0.5) is 14.6 Å². The van der Waals surface area contributed by atoms with Crippen LogP contribution in [0.3, 0.4) is 0 Å². The summed E-state index contributed by atoms with van der Waals surface area (Å²) in [6.45, 7) is 1.65. The number of hydrogen-bond acceptors (Lipinski definition) is 5. The van der Waals surface area contributed by atoms with Crippen LogP contribution in [0.15, 0.2) is 17.3 Å². The van der Waals surface area contributed by atoms with Crippen LogP contribution in [0.2, 0.25) is 0 Å². The molecule has 4 rings (SSSR count). The van der Waals surface area contributed by atoms with Crippen molar-refractivity contribution in [1.29, 1.82) is 0 Å². The van der Waals surface area contributed by atoms with E-state index in [2.05, 4.69) is 20.2 Å². The highest BCUT2D eigenvalue weighted by Gasteiger charge is 2.55. The van der Waals surface area contributed by atoms with Gasteiger partial charge >= 0.3 is 0 Å². The first kappa shape index (κ1) is 18.9. The third-order valence-electron chi connectivity index (χ3n) is 6.00. The maximum atomic E-state index is 13.1. The third-order valence-corrected chi connectivity index (χ3v) is 8.12. The number of aromatic nitrogens is 1. The van der Waals surface area contributed by atoms with Crippen molar-refractivity contribution >= 4 is 22.0 Å². The molecule has 0 aromatic carbocycles. The van der Waals surface area contributed by atoms with Gasteiger partial charge in [0.05, 0.1) is 17.8 Å². The van der Waals surface area contributed by atoms with Gasteiger partial charge in [-0.1, -0.05) is 6.92 Å². The van der Waals surface area contributed by atoms with Gasteiger partial charge in [0.1, 0.15) is 12.0 Å². The molecule has 0 bridgehead atoms. The maximum Gasteiger partial charge on any atom is 0.249 e. The zero-order valence-corrected chi connectivity index (χ0v) is 16.4. The molecular formula is C18H26F2N4O2S. The Morgan fingerprint density at radius 1 is 1.37 bits per heavy atom. The highest BCUT2D eigenvalue weighted by Crippen LogP contribution is 2.52. The van der Waals surface area contributed by atoms with Crippen LogP contribution in [-0.4, -0.2) is 55.2 Å². The van der Waals surface area contributed by atoms with Crippen molar-refractivity contribution in [1.82, 2.24) is 15.2 Å². The van der Waals surface area contributed by atoms with Gasteiger partial charge in [0.2, 0.25) is 5.92 Å². The van der Waals surface area contributed by atoms with Crippen molar-refractivity contribution in [3.05, 3.63) is 17.8 Å². The standard InChI is InChI=1S/C18H26F2N4O2S/c1-17(8-18(19,20)9-17)10-27(25,26)7-12-5-13(6-12)24-11-23-15-14(3-4-22-15)16(24)21-2/h3-4,11-13,16,21-22H,5-10H2,1-2H3/t12-,13-,16?. The Labute approximate surface area is 158 Å². The summed E-state index contributed by atoms with van der Waals surface area (Å²) in [7, 11) is -1.44. The Hall–Kier alpha value is -1.48. The number of halogens is 2. The van der Waals surface area contributed by atoms with Crippen molar-refractivity contribution in [2.45, 2.75) is 50.7 Å². The van der Waals surface area contributed by atoms with Gasteiger partial charge < -0.3 is 9.88 Å². The predicted octanol–water partition coefficient (Wildman–Crippen LogP) is 2.84. The monoisotopic (exact) mass is 400 g/mol. The summed E-state index contributed by atoms with van der Waals surface area (Å²) < 4.78 is 51.2. The average Bonchev–Trinajstić information content (AvgIpc) is 2.95. The van der Waals surface area contributed by atoms with Gasteiger partial charge in [-0.05, 0) is 37.3 Å². The minimum Gasteiger partial charge on any atom is -0.346 e. The van der Waals surface area contributed by atoms with E-state index in [0.29, 0.717) is 0 Å². The molecular weight excluding hydrogens is 374 g/mol. The van der Waals surface area contributed by atoms with Gasteiger partial charge in [-0.2, -0.15) is 0 Å². The topological polar surface area (TPSA) is 77.6 Å².